The van der Waals surface area contributed by atoms with Crippen LogP contribution in [0.1, 0.15) is 17.3 Å². The van der Waals surface area contributed by atoms with Gasteiger partial charge in [0.1, 0.15) is 6.33 Å². The molecule has 0 unspecified atom stereocenters. The summed E-state index contributed by atoms with van der Waals surface area (Å²) in [5.41, 5.74) is 3.36. The van der Waals surface area contributed by atoms with Gasteiger partial charge in [0.25, 0.3) is 0 Å². The lowest BCUT2D eigenvalue weighted by Gasteiger charge is -2.07. The van der Waals surface area contributed by atoms with Gasteiger partial charge in [-0.25, -0.2) is 4.98 Å². The van der Waals surface area contributed by atoms with Gasteiger partial charge in [0.05, 0.1) is 16.1 Å². The maximum atomic E-state index is 11.4. The summed E-state index contributed by atoms with van der Waals surface area (Å²) < 4.78 is 1.95. The molecule has 0 saturated carbocycles. The first kappa shape index (κ1) is 11.9. The van der Waals surface area contributed by atoms with Gasteiger partial charge in [0.15, 0.2) is 5.78 Å². The van der Waals surface area contributed by atoms with E-state index in [0.29, 0.717) is 10.6 Å². The second kappa shape index (κ2) is 4.52. The molecule has 1 heterocycles. The summed E-state index contributed by atoms with van der Waals surface area (Å²) in [6.45, 7) is 1.51. The smallest absolute Gasteiger partial charge is 0.161 e. The number of hydrogen-bond donors (Lipinski definition) is 0. The summed E-state index contributed by atoms with van der Waals surface area (Å²) in [5, 5.41) is 0.461. The topological polar surface area (TPSA) is 34.9 Å². The third-order valence-corrected chi connectivity index (χ3v) is 3.38. The Balaban J connectivity index is 2.17. The molecule has 3 rings (SSSR count). The highest BCUT2D eigenvalue weighted by molar-refractivity contribution is 6.34. The van der Waals surface area contributed by atoms with Crippen molar-refractivity contribution in [1.29, 1.82) is 0 Å². The van der Waals surface area contributed by atoms with Gasteiger partial charge in [-0.3, -0.25) is 9.36 Å². The fourth-order valence-electron chi connectivity index (χ4n) is 2.10. The molecule has 0 amide bonds. The maximum Gasteiger partial charge on any atom is 0.161 e. The largest absolute Gasteiger partial charge is 0.299 e. The molecule has 0 atom stereocenters. The van der Waals surface area contributed by atoms with E-state index in [1.165, 1.54) is 6.92 Å². The van der Waals surface area contributed by atoms with E-state index in [1.54, 1.807) is 18.5 Å². The van der Waals surface area contributed by atoms with Crippen LogP contribution in [0.25, 0.3) is 16.7 Å². The molecule has 0 bridgehead atoms. The first-order valence-electron chi connectivity index (χ1n) is 5.90. The number of nitrogens with zero attached hydrogens (tertiary/aromatic N) is 2. The summed E-state index contributed by atoms with van der Waals surface area (Å²) >= 11 is 6.14. The Morgan fingerprint density at radius 2 is 2.00 bits per heavy atom. The quantitative estimate of drug-likeness (QED) is 0.662. The molecule has 3 nitrogen and oxygen atoms in total. The second-order valence-electron chi connectivity index (χ2n) is 4.32. The van der Waals surface area contributed by atoms with Crippen LogP contribution in [0.3, 0.4) is 0 Å². The fourth-order valence-corrected chi connectivity index (χ4v) is 2.41. The summed E-state index contributed by atoms with van der Waals surface area (Å²) in [6, 6.07) is 13.3. The highest BCUT2D eigenvalue weighted by Crippen LogP contribution is 2.23. The highest BCUT2D eigenvalue weighted by Gasteiger charge is 2.09. The van der Waals surface area contributed by atoms with Crippen molar-refractivity contribution >= 4 is 28.4 Å². The predicted octanol–water partition coefficient (Wildman–Crippen LogP) is 3.88. The number of carbonyl (C=O) groups is 1. The summed E-state index contributed by atoms with van der Waals surface area (Å²) in [5.74, 6) is -0.0351. The summed E-state index contributed by atoms with van der Waals surface area (Å²) in [6.07, 6.45) is 1.75. The molecule has 0 aliphatic rings. The summed E-state index contributed by atoms with van der Waals surface area (Å²) in [4.78, 5) is 15.7. The van der Waals surface area contributed by atoms with Crippen LogP contribution in [0.15, 0.2) is 48.8 Å². The third kappa shape index (κ3) is 2.02. The Hall–Kier alpha value is -2.13. The van der Waals surface area contributed by atoms with Crippen LogP contribution >= 0.6 is 11.6 Å². The van der Waals surface area contributed by atoms with E-state index in [-0.39, 0.29) is 5.78 Å². The lowest BCUT2D eigenvalue weighted by Crippen LogP contribution is -1.97. The zero-order chi connectivity index (χ0) is 13.4. The van der Waals surface area contributed by atoms with Crippen molar-refractivity contribution in [3.63, 3.8) is 0 Å². The van der Waals surface area contributed by atoms with Crippen molar-refractivity contribution < 1.29 is 4.79 Å². The fraction of sp³-hybridized carbons (Fsp3) is 0.0667. The number of benzene rings is 2. The SMILES string of the molecule is CC(=O)c1ccc(-n2cnc3ccccc32)cc1Cl. The van der Waals surface area contributed by atoms with Gasteiger partial charge in [-0.15, -0.1) is 0 Å². The van der Waals surface area contributed by atoms with Gasteiger partial charge >= 0.3 is 0 Å². The zero-order valence-electron chi connectivity index (χ0n) is 10.3. The van der Waals surface area contributed by atoms with E-state index in [0.717, 1.165) is 16.7 Å². The molecule has 2 aromatic carbocycles. The number of ketones is 1. The minimum absolute atomic E-state index is 0.0351. The van der Waals surface area contributed by atoms with Crippen molar-refractivity contribution in [3.05, 3.63) is 59.4 Å². The van der Waals surface area contributed by atoms with Crippen molar-refractivity contribution in [2.45, 2.75) is 6.92 Å². The normalized spacial score (nSPS) is 10.8. The van der Waals surface area contributed by atoms with Gasteiger partial charge < -0.3 is 0 Å². The van der Waals surface area contributed by atoms with Crippen molar-refractivity contribution in [1.82, 2.24) is 9.55 Å². The van der Waals surface area contributed by atoms with Crippen molar-refractivity contribution in [2.75, 3.05) is 0 Å². The van der Waals surface area contributed by atoms with Gasteiger partial charge in [-0.1, -0.05) is 23.7 Å². The zero-order valence-corrected chi connectivity index (χ0v) is 11.1. The second-order valence-corrected chi connectivity index (χ2v) is 4.73. The molecule has 0 radical (unpaired) electrons. The molecular formula is C15H11ClN2O. The molecule has 94 valence electrons. The van der Waals surface area contributed by atoms with E-state index in [2.05, 4.69) is 4.98 Å². The molecule has 1 aromatic heterocycles. The van der Waals surface area contributed by atoms with E-state index < -0.39 is 0 Å². The predicted molar refractivity (Wildman–Crippen MR) is 76.1 cm³/mol. The van der Waals surface area contributed by atoms with Crippen LogP contribution in [0.4, 0.5) is 0 Å². The number of para-hydroxylation sites is 2. The van der Waals surface area contributed by atoms with E-state index in [4.69, 9.17) is 11.6 Å². The van der Waals surface area contributed by atoms with Gasteiger partial charge in [0, 0.05) is 11.3 Å². The number of aromatic nitrogens is 2. The number of Topliss-reactive ketones (excluding diaryl/α,β-unsaturated/α-hetero) is 1. The van der Waals surface area contributed by atoms with Gasteiger partial charge in [-0.05, 0) is 37.3 Å². The Bertz CT molecular complexity index is 777. The van der Waals surface area contributed by atoms with Crippen LogP contribution < -0.4 is 0 Å². The molecule has 0 saturated heterocycles. The van der Waals surface area contributed by atoms with Crippen LogP contribution in [0.2, 0.25) is 5.02 Å². The Morgan fingerprint density at radius 1 is 1.21 bits per heavy atom. The Kier molecular flexibility index (Phi) is 2.84. The molecule has 0 fully saturated rings. The molecule has 3 aromatic rings. The number of halogens is 1. The van der Waals surface area contributed by atoms with Crippen molar-refractivity contribution in [2.24, 2.45) is 0 Å². The van der Waals surface area contributed by atoms with Gasteiger partial charge in [-0.2, -0.15) is 0 Å². The molecule has 0 N–H and O–H groups in total. The molecule has 0 aliphatic carbocycles. The maximum absolute atomic E-state index is 11.4. The van der Waals surface area contributed by atoms with Crippen LogP contribution in [0, 0.1) is 0 Å². The molecule has 0 aliphatic heterocycles. The van der Waals surface area contributed by atoms with Crippen molar-refractivity contribution in [3.8, 4) is 5.69 Å². The number of fused-ring (bicyclic) bond motifs is 1. The number of hydrogen-bond acceptors (Lipinski definition) is 2. The Morgan fingerprint density at radius 3 is 2.74 bits per heavy atom. The lowest BCUT2D eigenvalue weighted by atomic mass is 10.1. The van der Waals surface area contributed by atoms with E-state index >= 15 is 0 Å². The lowest BCUT2D eigenvalue weighted by molar-refractivity contribution is 0.101. The third-order valence-electron chi connectivity index (χ3n) is 3.06. The average Bonchev–Trinajstić information content (AvgIpc) is 2.82. The molecule has 0 spiro atoms. The minimum atomic E-state index is -0.0351. The molecule has 19 heavy (non-hydrogen) atoms. The first-order valence-corrected chi connectivity index (χ1v) is 6.27. The number of imidazole rings is 1. The summed E-state index contributed by atoms with van der Waals surface area (Å²) in [7, 11) is 0. The molecule has 4 heteroatoms. The van der Waals surface area contributed by atoms with Crippen LogP contribution in [-0.4, -0.2) is 15.3 Å². The minimum Gasteiger partial charge on any atom is -0.299 e. The highest BCUT2D eigenvalue weighted by atomic mass is 35.5. The average molecular weight is 271 g/mol. The number of carbonyl (C=O) groups excluding carboxylic acids is 1. The van der Waals surface area contributed by atoms with Crippen LogP contribution in [-0.2, 0) is 0 Å². The molecular weight excluding hydrogens is 260 g/mol. The van der Waals surface area contributed by atoms with E-state index in [9.17, 15) is 4.79 Å². The van der Waals surface area contributed by atoms with Crippen LogP contribution in [0.5, 0.6) is 0 Å². The number of rotatable bonds is 2. The van der Waals surface area contributed by atoms with E-state index in [1.807, 2.05) is 34.9 Å². The standard InChI is InChI=1S/C15H11ClN2O/c1-10(19)12-7-6-11(8-13(12)16)18-9-17-14-4-2-3-5-15(14)18/h2-9H,1H3. The first-order chi connectivity index (χ1) is 9.16. The van der Waals surface area contributed by atoms with Gasteiger partial charge in [0.2, 0.25) is 0 Å². The Labute approximate surface area is 115 Å². The monoisotopic (exact) mass is 270 g/mol.